The summed E-state index contributed by atoms with van der Waals surface area (Å²) in [4.78, 5) is 0. The Morgan fingerprint density at radius 3 is 2.19 bits per heavy atom. The lowest BCUT2D eigenvalue weighted by molar-refractivity contribution is 0.144. The van der Waals surface area contributed by atoms with Crippen LogP contribution < -0.4 is 0 Å². The maximum Gasteiger partial charge on any atom is 0.0950 e. The van der Waals surface area contributed by atoms with Gasteiger partial charge in [-0.25, -0.2) is 0 Å². The van der Waals surface area contributed by atoms with E-state index in [9.17, 15) is 0 Å². The number of allylic oxidation sites excluding steroid dienone is 2. The zero-order chi connectivity index (χ0) is 15.3. The molecule has 1 fully saturated rings. The highest BCUT2D eigenvalue weighted by Crippen LogP contribution is 2.36. The summed E-state index contributed by atoms with van der Waals surface area (Å²) in [6.07, 6.45) is 18.4. The predicted octanol–water partition coefficient (Wildman–Crippen LogP) is 6.87. The van der Waals surface area contributed by atoms with E-state index in [2.05, 4.69) is 26.8 Å². The molecule has 0 aromatic heterocycles. The van der Waals surface area contributed by atoms with Crippen LogP contribution >= 0.6 is 0 Å². The van der Waals surface area contributed by atoms with E-state index in [0.717, 1.165) is 18.4 Å². The average Bonchev–Trinajstić information content (AvgIpc) is 2.52. The molecule has 0 radical (unpaired) electrons. The Morgan fingerprint density at radius 1 is 0.905 bits per heavy atom. The summed E-state index contributed by atoms with van der Waals surface area (Å²) in [6.45, 7) is 7.74. The molecular weight excluding hydrogens is 256 g/mol. The summed E-state index contributed by atoms with van der Waals surface area (Å²) in [5.41, 5.74) is 0. The first-order valence-corrected chi connectivity index (χ1v) is 9.64. The highest BCUT2D eigenvalue weighted by Gasteiger charge is 2.24. The SMILES string of the molecule is CCCC/C=C(\OCCCC)C1CCC(CCCC)CC1. The van der Waals surface area contributed by atoms with Gasteiger partial charge in [-0.3, -0.25) is 0 Å². The van der Waals surface area contributed by atoms with Crippen LogP contribution in [0.4, 0.5) is 0 Å². The third kappa shape index (κ3) is 7.93. The minimum absolute atomic E-state index is 0.719. The van der Waals surface area contributed by atoms with E-state index < -0.39 is 0 Å². The Hall–Kier alpha value is -0.460. The van der Waals surface area contributed by atoms with Crippen LogP contribution in [0.2, 0.25) is 0 Å². The van der Waals surface area contributed by atoms with Crippen LogP contribution in [0, 0.1) is 11.8 Å². The van der Waals surface area contributed by atoms with E-state index >= 15 is 0 Å². The van der Waals surface area contributed by atoms with E-state index in [1.54, 1.807) is 0 Å². The third-order valence-corrected chi connectivity index (χ3v) is 4.88. The van der Waals surface area contributed by atoms with Gasteiger partial charge in [-0.2, -0.15) is 0 Å². The van der Waals surface area contributed by atoms with Crippen LogP contribution in [0.1, 0.15) is 97.8 Å². The molecule has 0 N–H and O–H groups in total. The average molecular weight is 295 g/mol. The molecule has 0 aromatic rings. The molecule has 0 saturated heterocycles. The van der Waals surface area contributed by atoms with Gasteiger partial charge in [-0.05, 0) is 56.9 Å². The Bertz CT molecular complexity index is 261. The van der Waals surface area contributed by atoms with Crippen molar-refractivity contribution in [1.29, 1.82) is 0 Å². The lowest BCUT2D eigenvalue weighted by Crippen LogP contribution is -2.18. The van der Waals surface area contributed by atoms with Crippen LogP contribution in [0.5, 0.6) is 0 Å². The van der Waals surface area contributed by atoms with Gasteiger partial charge in [0.25, 0.3) is 0 Å². The van der Waals surface area contributed by atoms with Gasteiger partial charge in [0, 0.05) is 5.92 Å². The van der Waals surface area contributed by atoms with Crippen molar-refractivity contribution in [3.63, 3.8) is 0 Å². The summed E-state index contributed by atoms with van der Waals surface area (Å²) < 4.78 is 6.15. The second-order valence-corrected chi connectivity index (χ2v) is 6.81. The van der Waals surface area contributed by atoms with Gasteiger partial charge in [-0.15, -0.1) is 0 Å². The molecule has 1 nitrogen and oxygen atoms in total. The zero-order valence-electron chi connectivity index (χ0n) is 14.8. The van der Waals surface area contributed by atoms with Crippen molar-refractivity contribution in [3.8, 4) is 0 Å². The Kier molecular flexibility index (Phi) is 10.7. The monoisotopic (exact) mass is 294 g/mol. The number of hydrogen-bond donors (Lipinski definition) is 0. The normalized spacial score (nSPS) is 23.3. The quantitative estimate of drug-likeness (QED) is 0.298. The van der Waals surface area contributed by atoms with Crippen molar-refractivity contribution in [1.82, 2.24) is 0 Å². The molecule has 0 unspecified atom stereocenters. The smallest absolute Gasteiger partial charge is 0.0950 e. The molecule has 0 aliphatic heterocycles. The van der Waals surface area contributed by atoms with Crippen molar-refractivity contribution in [2.45, 2.75) is 97.8 Å². The molecule has 1 saturated carbocycles. The molecule has 0 bridgehead atoms. The van der Waals surface area contributed by atoms with Crippen LogP contribution in [-0.4, -0.2) is 6.61 Å². The first-order chi connectivity index (χ1) is 10.3. The largest absolute Gasteiger partial charge is 0.498 e. The number of ether oxygens (including phenoxy) is 1. The van der Waals surface area contributed by atoms with Gasteiger partial charge >= 0.3 is 0 Å². The highest BCUT2D eigenvalue weighted by molar-refractivity contribution is 5.00. The maximum absolute atomic E-state index is 6.15. The topological polar surface area (TPSA) is 9.23 Å². The van der Waals surface area contributed by atoms with Crippen molar-refractivity contribution in [2.75, 3.05) is 6.61 Å². The van der Waals surface area contributed by atoms with Crippen LogP contribution in [-0.2, 0) is 4.74 Å². The molecule has 0 aromatic carbocycles. The minimum Gasteiger partial charge on any atom is -0.498 e. The molecule has 124 valence electrons. The maximum atomic E-state index is 6.15. The van der Waals surface area contributed by atoms with E-state index in [4.69, 9.17) is 4.74 Å². The molecule has 0 atom stereocenters. The fourth-order valence-corrected chi connectivity index (χ4v) is 3.35. The zero-order valence-corrected chi connectivity index (χ0v) is 14.8. The van der Waals surface area contributed by atoms with Gasteiger partial charge in [0.05, 0.1) is 12.4 Å². The van der Waals surface area contributed by atoms with Gasteiger partial charge < -0.3 is 4.74 Å². The van der Waals surface area contributed by atoms with Crippen LogP contribution in [0.15, 0.2) is 11.8 Å². The van der Waals surface area contributed by atoms with E-state index in [-0.39, 0.29) is 0 Å². The minimum atomic E-state index is 0.719. The molecule has 1 aliphatic rings. The van der Waals surface area contributed by atoms with Crippen molar-refractivity contribution in [3.05, 3.63) is 11.8 Å². The summed E-state index contributed by atoms with van der Waals surface area (Å²) in [7, 11) is 0. The molecule has 1 aliphatic carbocycles. The summed E-state index contributed by atoms with van der Waals surface area (Å²) in [5.74, 6) is 3.05. The number of unbranched alkanes of at least 4 members (excludes halogenated alkanes) is 4. The number of rotatable bonds is 11. The van der Waals surface area contributed by atoms with Crippen molar-refractivity contribution < 1.29 is 4.74 Å². The van der Waals surface area contributed by atoms with E-state index in [1.165, 1.54) is 82.8 Å². The van der Waals surface area contributed by atoms with Crippen molar-refractivity contribution in [2.24, 2.45) is 11.8 Å². The van der Waals surface area contributed by atoms with Gasteiger partial charge in [0.15, 0.2) is 0 Å². The van der Waals surface area contributed by atoms with Crippen molar-refractivity contribution >= 4 is 0 Å². The fourth-order valence-electron chi connectivity index (χ4n) is 3.35. The fraction of sp³-hybridized carbons (Fsp3) is 0.900. The first-order valence-electron chi connectivity index (χ1n) is 9.64. The first kappa shape index (κ1) is 18.6. The predicted molar refractivity (Wildman–Crippen MR) is 93.4 cm³/mol. The lowest BCUT2D eigenvalue weighted by Gasteiger charge is -2.30. The molecule has 1 heteroatoms. The molecule has 0 heterocycles. The summed E-state index contributed by atoms with van der Waals surface area (Å²) >= 11 is 0. The molecule has 0 spiro atoms. The van der Waals surface area contributed by atoms with Gasteiger partial charge in [-0.1, -0.05) is 52.9 Å². The Balaban J connectivity index is 2.41. The number of hydrogen-bond acceptors (Lipinski definition) is 1. The van der Waals surface area contributed by atoms with Crippen LogP contribution in [0.3, 0.4) is 0 Å². The second-order valence-electron chi connectivity index (χ2n) is 6.81. The Labute approximate surface area is 133 Å². The van der Waals surface area contributed by atoms with E-state index in [1.807, 2.05) is 0 Å². The third-order valence-electron chi connectivity index (χ3n) is 4.88. The summed E-state index contributed by atoms with van der Waals surface area (Å²) in [6, 6.07) is 0. The molecule has 0 amide bonds. The standard InChI is InChI=1S/C20H38O/c1-4-7-10-12-20(21-17-9-6-3)19-15-13-18(14-16-19)11-8-5-2/h12,18-19H,4-11,13-17H2,1-3H3/b20-12-. The Morgan fingerprint density at radius 2 is 1.57 bits per heavy atom. The highest BCUT2D eigenvalue weighted by atomic mass is 16.5. The van der Waals surface area contributed by atoms with Crippen LogP contribution in [0.25, 0.3) is 0 Å². The molecular formula is C20H38O. The van der Waals surface area contributed by atoms with E-state index in [0.29, 0.717) is 0 Å². The second kappa shape index (κ2) is 12.1. The molecule has 1 rings (SSSR count). The molecule has 21 heavy (non-hydrogen) atoms. The lowest BCUT2D eigenvalue weighted by atomic mass is 9.79. The summed E-state index contributed by atoms with van der Waals surface area (Å²) in [5, 5.41) is 0. The van der Waals surface area contributed by atoms with Gasteiger partial charge in [0.2, 0.25) is 0 Å². The van der Waals surface area contributed by atoms with Gasteiger partial charge in [0.1, 0.15) is 0 Å².